The van der Waals surface area contributed by atoms with Gasteiger partial charge in [-0.05, 0) is 30.7 Å². The first-order valence-corrected chi connectivity index (χ1v) is 9.32. The molecule has 1 aliphatic rings. The largest absolute Gasteiger partial charge is 0.493 e. The Hall–Kier alpha value is -3.15. The summed E-state index contributed by atoms with van der Waals surface area (Å²) < 4.78 is 5.92. The quantitative estimate of drug-likeness (QED) is 0.657. The van der Waals surface area contributed by atoms with E-state index in [0.29, 0.717) is 24.5 Å². The number of para-hydroxylation sites is 1. The summed E-state index contributed by atoms with van der Waals surface area (Å²) >= 11 is 0. The molecule has 4 rings (SSSR count). The van der Waals surface area contributed by atoms with Crippen molar-refractivity contribution < 1.29 is 9.53 Å². The fraction of sp³-hybridized carbons (Fsp3) is 0.286. The summed E-state index contributed by atoms with van der Waals surface area (Å²) in [6, 6.07) is 11.5. The van der Waals surface area contributed by atoms with Crippen molar-refractivity contribution in [1.82, 2.24) is 20.3 Å². The van der Waals surface area contributed by atoms with Crippen molar-refractivity contribution in [2.24, 2.45) is 0 Å². The zero-order valence-electron chi connectivity index (χ0n) is 15.3. The molecule has 0 radical (unpaired) electrons. The van der Waals surface area contributed by atoms with E-state index < -0.39 is 0 Å². The fourth-order valence-corrected chi connectivity index (χ4v) is 3.17. The van der Waals surface area contributed by atoms with E-state index in [2.05, 4.69) is 22.2 Å². The molecule has 27 heavy (non-hydrogen) atoms. The van der Waals surface area contributed by atoms with Crippen LogP contribution in [0.1, 0.15) is 35.8 Å². The molecule has 0 spiro atoms. The first kappa shape index (κ1) is 17.3. The third-order valence-electron chi connectivity index (χ3n) is 4.62. The lowest BCUT2D eigenvalue weighted by Crippen LogP contribution is -2.31. The molecule has 0 saturated heterocycles. The van der Waals surface area contributed by atoms with Crippen molar-refractivity contribution in [3.05, 3.63) is 53.9 Å². The Morgan fingerprint density at radius 3 is 2.93 bits per heavy atom. The van der Waals surface area contributed by atoms with Gasteiger partial charge in [0, 0.05) is 24.9 Å². The number of hydrogen-bond acceptors (Lipinski definition) is 4. The Balaban J connectivity index is 1.67. The summed E-state index contributed by atoms with van der Waals surface area (Å²) in [4.78, 5) is 24.5. The van der Waals surface area contributed by atoms with Crippen molar-refractivity contribution >= 4 is 5.91 Å². The van der Waals surface area contributed by atoms with Crippen LogP contribution in [0.3, 0.4) is 0 Å². The molecular weight excluding hydrogens is 340 g/mol. The van der Waals surface area contributed by atoms with Crippen molar-refractivity contribution in [2.75, 3.05) is 13.2 Å². The van der Waals surface area contributed by atoms with Crippen LogP contribution < -0.4 is 10.1 Å². The van der Waals surface area contributed by atoms with Crippen LogP contribution in [0.25, 0.3) is 22.8 Å². The topological polar surface area (TPSA) is 79.9 Å². The number of rotatable bonds is 6. The number of aromatic nitrogens is 3. The molecule has 0 bridgehead atoms. The average molecular weight is 362 g/mol. The van der Waals surface area contributed by atoms with Crippen LogP contribution in [0.2, 0.25) is 0 Å². The van der Waals surface area contributed by atoms with E-state index >= 15 is 0 Å². The number of hydrogen-bond donors (Lipinski definition) is 2. The molecule has 138 valence electrons. The SMILES string of the molecule is CCCCOc1ccccc1-c1nccc(-c2cc3c([nH]2)CCNC3=O)n1. The van der Waals surface area contributed by atoms with Gasteiger partial charge in [-0.3, -0.25) is 4.79 Å². The molecule has 0 aliphatic carbocycles. The van der Waals surface area contributed by atoms with E-state index in [1.807, 2.05) is 36.4 Å². The van der Waals surface area contributed by atoms with Gasteiger partial charge in [-0.2, -0.15) is 0 Å². The van der Waals surface area contributed by atoms with E-state index in [1.54, 1.807) is 6.20 Å². The van der Waals surface area contributed by atoms with Crippen LogP contribution in [0.15, 0.2) is 42.6 Å². The summed E-state index contributed by atoms with van der Waals surface area (Å²) in [5.74, 6) is 1.35. The van der Waals surface area contributed by atoms with Gasteiger partial charge in [-0.1, -0.05) is 25.5 Å². The van der Waals surface area contributed by atoms with E-state index in [0.717, 1.165) is 47.7 Å². The minimum atomic E-state index is -0.0392. The van der Waals surface area contributed by atoms with Crippen LogP contribution in [0.5, 0.6) is 5.75 Å². The Labute approximate surface area is 158 Å². The molecule has 0 saturated carbocycles. The summed E-state index contributed by atoms with van der Waals surface area (Å²) in [7, 11) is 0. The van der Waals surface area contributed by atoms with Crippen molar-refractivity contribution in [2.45, 2.75) is 26.2 Å². The molecular formula is C21H22N4O2. The van der Waals surface area contributed by atoms with Crippen LogP contribution in [-0.4, -0.2) is 34.0 Å². The maximum atomic E-state index is 12.0. The second kappa shape index (κ2) is 7.61. The molecule has 0 fully saturated rings. The zero-order chi connectivity index (χ0) is 18.6. The van der Waals surface area contributed by atoms with Gasteiger partial charge in [0.25, 0.3) is 5.91 Å². The normalized spacial score (nSPS) is 13.1. The number of benzene rings is 1. The van der Waals surface area contributed by atoms with Crippen LogP contribution in [0, 0.1) is 0 Å². The standard InChI is InChI=1S/C21H22N4O2/c1-2-3-12-27-19-7-5-4-6-14(19)20-22-10-9-17(25-20)18-13-15-16(24-18)8-11-23-21(15)26/h4-7,9-10,13,24H,2-3,8,11-12H2,1H3,(H,23,26). The zero-order valence-corrected chi connectivity index (χ0v) is 15.3. The number of fused-ring (bicyclic) bond motifs is 1. The van der Waals surface area contributed by atoms with Gasteiger partial charge >= 0.3 is 0 Å². The fourth-order valence-electron chi connectivity index (χ4n) is 3.17. The van der Waals surface area contributed by atoms with Crippen LogP contribution in [0.4, 0.5) is 0 Å². The Kier molecular flexibility index (Phi) is 4.87. The lowest BCUT2D eigenvalue weighted by Gasteiger charge is -2.11. The second-order valence-corrected chi connectivity index (χ2v) is 6.54. The summed E-state index contributed by atoms with van der Waals surface area (Å²) in [5.41, 5.74) is 4.09. The molecule has 1 amide bonds. The Morgan fingerprint density at radius 1 is 1.19 bits per heavy atom. The molecule has 1 aromatic carbocycles. The summed E-state index contributed by atoms with van der Waals surface area (Å²) in [5, 5.41) is 2.86. The van der Waals surface area contributed by atoms with Gasteiger partial charge in [0.15, 0.2) is 5.82 Å². The van der Waals surface area contributed by atoms with Gasteiger partial charge in [0.2, 0.25) is 0 Å². The summed E-state index contributed by atoms with van der Waals surface area (Å²) in [6.45, 7) is 3.47. The van der Waals surface area contributed by atoms with E-state index in [1.165, 1.54) is 0 Å². The molecule has 3 aromatic rings. The molecule has 0 unspecified atom stereocenters. The Morgan fingerprint density at radius 2 is 2.07 bits per heavy atom. The monoisotopic (exact) mass is 362 g/mol. The first-order chi connectivity index (χ1) is 13.3. The molecule has 2 aromatic heterocycles. The lowest BCUT2D eigenvalue weighted by molar-refractivity contribution is 0.0946. The van der Waals surface area contributed by atoms with Crippen molar-refractivity contribution in [3.63, 3.8) is 0 Å². The highest BCUT2D eigenvalue weighted by atomic mass is 16.5. The summed E-state index contributed by atoms with van der Waals surface area (Å²) in [6.07, 6.45) is 4.62. The number of nitrogens with one attached hydrogen (secondary N) is 2. The van der Waals surface area contributed by atoms with Gasteiger partial charge in [-0.15, -0.1) is 0 Å². The number of unbranched alkanes of at least 4 members (excludes halogenated alkanes) is 1. The van der Waals surface area contributed by atoms with Gasteiger partial charge < -0.3 is 15.0 Å². The molecule has 1 aliphatic heterocycles. The molecule has 6 nitrogen and oxygen atoms in total. The predicted octanol–water partition coefficient (Wildman–Crippen LogP) is 3.60. The van der Waals surface area contributed by atoms with Gasteiger partial charge in [0.05, 0.1) is 29.1 Å². The number of carbonyl (C=O) groups is 1. The number of amides is 1. The maximum Gasteiger partial charge on any atom is 0.253 e. The second-order valence-electron chi connectivity index (χ2n) is 6.54. The third-order valence-corrected chi connectivity index (χ3v) is 4.62. The van der Waals surface area contributed by atoms with Crippen molar-refractivity contribution in [3.8, 4) is 28.5 Å². The highest BCUT2D eigenvalue weighted by Gasteiger charge is 2.20. The van der Waals surface area contributed by atoms with Crippen LogP contribution in [-0.2, 0) is 6.42 Å². The number of nitrogens with zero attached hydrogens (tertiary/aromatic N) is 2. The highest BCUT2D eigenvalue weighted by molar-refractivity contribution is 5.97. The number of H-pyrrole nitrogens is 1. The molecule has 0 atom stereocenters. The van der Waals surface area contributed by atoms with E-state index in [-0.39, 0.29) is 5.91 Å². The number of ether oxygens (including phenoxy) is 1. The number of aromatic amines is 1. The lowest BCUT2D eigenvalue weighted by atomic mass is 10.1. The molecule has 3 heterocycles. The minimum absolute atomic E-state index is 0.0392. The maximum absolute atomic E-state index is 12.0. The average Bonchev–Trinajstić information content (AvgIpc) is 3.15. The third kappa shape index (κ3) is 3.56. The van der Waals surface area contributed by atoms with Crippen LogP contribution >= 0.6 is 0 Å². The Bertz CT molecular complexity index is 964. The van der Waals surface area contributed by atoms with E-state index in [9.17, 15) is 4.79 Å². The molecule has 6 heteroatoms. The van der Waals surface area contributed by atoms with Gasteiger partial charge in [0.1, 0.15) is 5.75 Å². The highest BCUT2D eigenvalue weighted by Crippen LogP contribution is 2.29. The van der Waals surface area contributed by atoms with Crippen molar-refractivity contribution in [1.29, 1.82) is 0 Å². The van der Waals surface area contributed by atoms with E-state index in [4.69, 9.17) is 9.72 Å². The first-order valence-electron chi connectivity index (χ1n) is 9.32. The smallest absolute Gasteiger partial charge is 0.253 e. The molecule has 2 N–H and O–H groups in total. The predicted molar refractivity (Wildman–Crippen MR) is 104 cm³/mol. The van der Waals surface area contributed by atoms with Gasteiger partial charge in [-0.25, -0.2) is 9.97 Å². The number of carbonyl (C=O) groups excluding carboxylic acids is 1. The minimum Gasteiger partial charge on any atom is -0.493 e.